The van der Waals surface area contributed by atoms with Crippen molar-refractivity contribution in [1.82, 2.24) is 9.55 Å². The summed E-state index contributed by atoms with van der Waals surface area (Å²) in [4.78, 5) is 15.7. The van der Waals surface area contributed by atoms with Crippen molar-refractivity contribution >= 4 is 21.9 Å². The van der Waals surface area contributed by atoms with E-state index in [4.69, 9.17) is 0 Å². The van der Waals surface area contributed by atoms with Crippen molar-refractivity contribution in [2.45, 2.75) is 6.54 Å². The number of rotatable bonds is 4. The SMILES string of the molecule is O=C(O)c1ccccc1Cn1ccnc1-c1cccc(Br)c1. The summed E-state index contributed by atoms with van der Waals surface area (Å²) in [5.74, 6) is -0.110. The van der Waals surface area contributed by atoms with Gasteiger partial charge in [-0.05, 0) is 23.8 Å². The Morgan fingerprint density at radius 3 is 2.77 bits per heavy atom. The molecule has 3 aromatic rings. The summed E-state index contributed by atoms with van der Waals surface area (Å²) in [6.07, 6.45) is 3.58. The summed E-state index contributed by atoms with van der Waals surface area (Å²) in [5, 5.41) is 9.29. The number of halogens is 1. The van der Waals surface area contributed by atoms with Gasteiger partial charge in [-0.3, -0.25) is 0 Å². The Bertz CT molecular complexity index is 827. The van der Waals surface area contributed by atoms with Gasteiger partial charge in [0, 0.05) is 29.0 Å². The van der Waals surface area contributed by atoms with Gasteiger partial charge in [0.05, 0.1) is 5.56 Å². The molecular formula is C17H13BrN2O2. The van der Waals surface area contributed by atoms with Crippen molar-refractivity contribution in [2.75, 3.05) is 0 Å². The van der Waals surface area contributed by atoms with Crippen LogP contribution in [0, 0.1) is 0 Å². The van der Waals surface area contributed by atoms with Crippen LogP contribution >= 0.6 is 15.9 Å². The number of nitrogens with zero attached hydrogens (tertiary/aromatic N) is 2. The van der Waals surface area contributed by atoms with Crippen molar-refractivity contribution in [1.29, 1.82) is 0 Å². The highest BCUT2D eigenvalue weighted by Gasteiger charge is 2.12. The highest BCUT2D eigenvalue weighted by atomic mass is 79.9. The van der Waals surface area contributed by atoms with Crippen LogP contribution in [0.5, 0.6) is 0 Å². The van der Waals surface area contributed by atoms with Gasteiger partial charge in [0.15, 0.2) is 0 Å². The summed E-state index contributed by atoms with van der Waals surface area (Å²) in [6, 6.07) is 14.9. The van der Waals surface area contributed by atoms with Crippen molar-refractivity contribution in [2.24, 2.45) is 0 Å². The summed E-state index contributed by atoms with van der Waals surface area (Å²) < 4.78 is 2.93. The zero-order valence-electron chi connectivity index (χ0n) is 11.6. The minimum Gasteiger partial charge on any atom is -0.478 e. The van der Waals surface area contributed by atoms with Crippen molar-refractivity contribution in [3.05, 3.63) is 76.5 Å². The molecule has 0 amide bonds. The maximum atomic E-state index is 11.3. The van der Waals surface area contributed by atoms with Gasteiger partial charge in [0.2, 0.25) is 0 Å². The molecule has 0 bridgehead atoms. The molecule has 0 aliphatic heterocycles. The number of benzene rings is 2. The molecule has 0 radical (unpaired) electrons. The Hall–Kier alpha value is -2.40. The van der Waals surface area contributed by atoms with E-state index in [1.54, 1.807) is 18.3 Å². The third kappa shape index (κ3) is 2.94. The number of hydrogen-bond acceptors (Lipinski definition) is 2. The van der Waals surface area contributed by atoms with E-state index in [9.17, 15) is 9.90 Å². The molecule has 0 aliphatic rings. The highest BCUT2D eigenvalue weighted by Crippen LogP contribution is 2.23. The zero-order valence-corrected chi connectivity index (χ0v) is 13.2. The van der Waals surface area contributed by atoms with E-state index in [2.05, 4.69) is 20.9 Å². The molecule has 4 nitrogen and oxygen atoms in total. The fourth-order valence-electron chi connectivity index (χ4n) is 2.38. The average Bonchev–Trinajstić information content (AvgIpc) is 2.96. The van der Waals surface area contributed by atoms with Crippen molar-refractivity contribution in [3.63, 3.8) is 0 Å². The highest BCUT2D eigenvalue weighted by molar-refractivity contribution is 9.10. The number of carbonyl (C=O) groups is 1. The molecule has 0 saturated carbocycles. The van der Waals surface area contributed by atoms with Crippen LogP contribution in [0.4, 0.5) is 0 Å². The number of aromatic nitrogens is 2. The number of aromatic carboxylic acids is 1. The van der Waals surface area contributed by atoms with E-state index in [0.29, 0.717) is 12.1 Å². The van der Waals surface area contributed by atoms with Crippen LogP contribution in [0.15, 0.2) is 65.4 Å². The molecule has 1 aromatic heterocycles. The second kappa shape index (κ2) is 6.15. The molecule has 0 aliphatic carbocycles. The van der Waals surface area contributed by atoms with Crippen molar-refractivity contribution < 1.29 is 9.90 Å². The Kier molecular flexibility index (Phi) is 4.06. The lowest BCUT2D eigenvalue weighted by Crippen LogP contribution is -2.07. The number of hydrogen-bond donors (Lipinski definition) is 1. The maximum absolute atomic E-state index is 11.3. The molecular weight excluding hydrogens is 344 g/mol. The first-order valence-electron chi connectivity index (χ1n) is 6.73. The maximum Gasteiger partial charge on any atom is 0.336 e. The molecule has 0 spiro atoms. The Morgan fingerprint density at radius 1 is 1.18 bits per heavy atom. The summed E-state index contributed by atoms with van der Waals surface area (Å²) in [7, 11) is 0. The molecule has 22 heavy (non-hydrogen) atoms. The first-order chi connectivity index (χ1) is 10.6. The van der Waals surface area contributed by atoms with Crippen LogP contribution < -0.4 is 0 Å². The van der Waals surface area contributed by atoms with Crippen LogP contribution in [0.25, 0.3) is 11.4 Å². The van der Waals surface area contributed by atoms with Crippen LogP contribution in [-0.2, 0) is 6.54 Å². The Labute approximate surface area is 136 Å². The molecule has 110 valence electrons. The summed E-state index contributed by atoms with van der Waals surface area (Å²) in [6.45, 7) is 0.463. The molecule has 2 aromatic carbocycles. The zero-order chi connectivity index (χ0) is 15.5. The lowest BCUT2D eigenvalue weighted by Gasteiger charge is -2.10. The van der Waals surface area contributed by atoms with E-state index >= 15 is 0 Å². The quantitative estimate of drug-likeness (QED) is 0.766. The predicted molar refractivity (Wildman–Crippen MR) is 87.9 cm³/mol. The Morgan fingerprint density at radius 2 is 2.00 bits per heavy atom. The molecule has 1 heterocycles. The number of carboxylic acids is 1. The molecule has 1 N–H and O–H groups in total. The molecule has 0 atom stereocenters. The van der Waals surface area contributed by atoms with Gasteiger partial charge < -0.3 is 9.67 Å². The monoisotopic (exact) mass is 356 g/mol. The largest absolute Gasteiger partial charge is 0.478 e. The van der Waals surface area contributed by atoms with E-state index in [1.165, 1.54) is 0 Å². The smallest absolute Gasteiger partial charge is 0.336 e. The average molecular weight is 357 g/mol. The van der Waals surface area contributed by atoms with Crippen LogP contribution in [-0.4, -0.2) is 20.6 Å². The van der Waals surface area contributed by atoms with Gasteiger partial charge >= 0.3 is 5.97 Å². The van der Waals surface area contributed by atoms with E-state index < -0.39 is 5.97 Å². The fourth-order valence-corrected chi connectivity index (χ4v) is 2.77. The molecule has 0 unspecified atom stereocenters. The predicted octanol–water partition coefficient (Wildman–Crippen LogP) is 4.06. The lowest BCUT2D eigenvalue weighted by atomic mass is 10.1. The Balaban J connectivity index is 1.99. The van der Waals surface area contributed by atoms with Gasteiger partial charge in [0.1, 0.15) is 5.82 Å². The third-order valence-corrected chi connectivity index (χ3v) is 3.88. The first-order valence-corrected chi connectivity index (χ1v) is 7.53. The number of carboxylic acid groups (broad SMARTS) is 1. The van der Waals surface area contributed by atoms with Crippen LogP contribution in [0.1, 0.15) is 15.9 Å². The third-order valence-electron chi connectivity index (χ3n) is 3.39. The summed E-state index contributed by atoms with van der Waals surface area (Å²) >= 11 is 3.46. The van der Waals surface area contributed by atoms with Crippen LogP contribution in [0.3, 0.4) is 0 Å². The fraction of sp³-hybridized carbons (Fsp3) is 0.0588. The van der Waals surface area contributed by atoms with Gasteiger partial charge in [0.25, 0.3) is 0 Å². The molecule has 0 fully saturated rings. The number of imidazole rings is 1. The molecule has 3 rings (SSSR count). The molecule has 5 heteroatoms. The van der Waals surface area contributed by atoms with Gasteiger partial charge in [-0.25, -0.2) is 9.78 Å². The summed E-state index contributed by atoms with van der Waals surface area (Å²) in [5.41, 5.74) is 2.05. The van der Waals surface area contributed by atoms with Crippen LogP contribution in [0.2, 0.25) is 0 Å². The minimum absolute atomic E-state index is 0.316. The second-order valence-corrected chi connectivity index (χ2v) is 5.77. The van der Waals surface area contributed by atoms with E-state index in [1.807, 2.05) is 47.2 Å². The minimum atomic E-state index is -0.917. The molecule has 0 saturated heterocycles. The van der Waals surface area contributed by atoms with Gasteiger partial charge in [-0.2, -0.15) is 0 Å². The van der Waals surface area contributed by atoms with E-state index in [0.717, 1.165) is 21.4 Å². The van der Waals surface area contributed by atoms with Crippen molar-refractivity contribution in [3.8, 4) is 11.4 Å². The topological polar surface area (TPSA) is 55.1 Å². The normalized spacial score (nSPS) is 10.6. The van der Waals surface area contributed by atoms with Gasteiger partial charge in [-0.1, -0.05) is 46.3 Å². The van der Waals surface area contributed by atoms with Gasteiger partial charge in [-0.15, -0.1) is 0 Å². The lowest BCUT2D eigenvalue weighted by molar-refractivity contribution is 0.0695. The van der Waals surface area contributed by atoms with E-state index in [-0.39, 0.29) is 0 Å². The second-order valence-electron chi connectivity index (χ2n) is 4.85. The first kappa shape index (κ1) is 14.5. The standard InChI is InChI=1S/C17H13BrN2O2/c18-14-6-3-5-12(10-14)16-19-8-9-20(16)11-13-4-1-2-7-15(13)17(21)22/h1-10H,11H2,(H,21,22).